The zero-order valence-corrected chi connectivity index (χ0v) is 11.5. The van der Waals surface area contributed by atoms with Gasteiger partial charge in [0.15, 0.2) is 0 Å². The van der Waals surface area contributed by atoms with Gasteiger partial charge in [0, 0.05) is 12.1 Å². The molecular weight excluding hydrogens is 210 g/mol. The Labute approximate surface area is 105 Å². The summed E-state index contributed by atoms with van der Waals surface area (Å²) in [5.41, 5.74) is 1.29. The fourth-order valence-electron chi connectivity index (χ4n) is 2.38. The van der Waals surface area contributed by atoms with Crippen LogP contribution in [0.3, 0.4) is 0 Å². The maximum atomic E-state index is 9.33. The smallest absolute Gasteiger partial charge is 0.115 e. The predicted molar refractivity (Wildman–Crippen MR) is 73.3 cm³/mol. The molecule has 1 aromatic carbocycles. The van der Waals surface area contributed by atoms with E-state index in [2.05, 4.69) is 32.7 Å². The molecule has 2 atom stereocenters. The van der Waals surface area contributed by atoms with E-state index in [1.807, 2.05) is 12.1 Å². The quantitative estimate of drug-likeness (QED) is 0.806. The summed E-state index contributed by atoms with van der Waals surface area (Å²) in [5, 5.41) is 9.33. The summed E-state index contributed by atoms with van der Waals surface area (Å²) in [5.74, 6) is 0.341. The third-order valence-corrected chi connectivity index (χ3v) is 3.56. The van der Waals surface area contributed by atoms with Crippen LogP contribution in [0.25, 0.3) is 0 Å². The summed E-state index contributed by atoms with van der Waals surface area (Å²) in [6.07, 6.45) is 3.54. The molecule has 0 saturated carbocycles. The number of rotatable bonds is 6. The molecule has 0 heterocycles. The van der Waals surface area contributed by atoms with Crippen LogP contribution in [0.1, 0.15) is 51.6 Å². The van der Waals surface area contributed by atoms with Crippen LogP contribution in [-0.4, -0.2) is 23.1 Å². The first kappa shape index (κ1) is 14.0. The second-order valence-corrected chi connectivity index (χ2v) is 4.82. The molecule has 0 fully saturated rings. The first-order chi connectivity index (χ1) is 8.10. The maximum Gasteiger partial charge on any atom is 0.115 e. The highest BCUT2D eigenvalue weighted by Gasteiger charge is 2.19. The highest BCUT2D eigenvalue weighted by atomic mass is 16.3. The van der Waals surface area contributed by atoms with Crippen molar-refractivity contribution in [1.29, 1.82) is 0 Å². The SMILES string of the molecule is CCCC(C)N(C)C(CC)c1ccc(O)cc1. The molecule has 0 saturated heterocycles. The van der Waals surface area contributed by atoms with Crippen LogP contribution in [0.4, 0.5) is 0 Å². The Morgan fingerprint density at radius 2 is 1.76 bits per heavy atom. The minimum absolute atomic E-state index is 0.341. The summed E-state index contributed by atoms with van der Waals surface area (Å²) in [7, 11) is 2.20. The predicted octanol–water partition coefficient (Wildman–Crippen LogP) is 3.96. The lowest BCUT2D eigenvalue weighted by Crippen LogP contribution is -2.32. The average molecular weight is 235 g/mol. The van der Waals surface area contributed by atoms with Gasteiger partial charge in [-0.25, -0.2) is 0 Å². The number of phenolic OH excluding ortho intramolecular Hbond substituents is 1. The first-order valence-corrected chi connectivity index (χ1v) is 6.61. The maximum absolute atomic E-state index is 9.33. The third-order valence-electron chi connectivity index (χ3n) is 3.56. The summed E-state index contributed by atoms with van der Waals surface area (Å²) >= 11 is 0. The summed E-state index contributed by atoms with van der Waals surface area (Å²) < 4.78 is 0. The molecule has 0 amide bonds. The largest absolute Gasteiger partial charge is 0.508 e. The molecule has 0 radical (unpaired) electrons. The Balaban J connectivity index is 2.79. The van der Waals surface area contributed by atoms with Crippen LogP contribution < -0.4 is 0 Å². The summed E-state index contributed by atoms with van der Waals surface area (Å²) in [6.45, 7) is 6.73. The molecule has 17 heavy (non-hydrogen) atoms. The van der Waals surface area contributed by atoms with Crippen LogP contribution in [0, 0.1) is 0 Å². The Kier molecular flexibility index (Phi) is 5.49. The molecule has 0 aliphatic carbocycles. The molecule has 2 heteroatoms. The van der Waals surface area contributed by atoms with E-state index in [1.54, 1.807) is 12.1 Å². The second kappa shape index (κ2) is 6.65. The second-order valence-electron chi connectivity index (χ2n) is 4.82. The van der Waals surface area contributed by atoms with E-state index in [1.165, 1.54) is 18.4 Å². The van der Waals surface area contributed by atoms with Gasteiger partial charge in [-0.2, -0.15) is 0 Å². The molecule has 0 aliphatic heterocycles. The fraction of sp³-hybridized carbons (Fsp3) is 0.600. The monoisotopic (exact) mass is 235 g/mol. The van der Waals surface area contributed by atoms with Crippen LogP contribution in [0.5, 0.6) is 5.75 Å². The van der Waals surface area contributed by atoms with Gasteiger partial charge in [0.2, 0.25) is 0 Å². The molecule has 96 valence electrons. The topological polar surface area (TPSA) is 23.5 Å². The van der Waals surface area contributed by atoms with E-state index in [9.17, 15) is 5.11 Å². The van der Waals surface area contributed by atoms with Crippen molar-refractivity contribution in [2.24, 2.45) is 0 Å². The van der Waals surface area contributed by atoms with Crippen molar-refractivity contribution in [3.8, 4) is 5.75 Å². The Morgan fingerprint density at radius 1 is 1.18 bits per heavy atom. The molecular formula is C15H25NO. The number of nitrogens with zero attached hydrogens (tertiary/aromatic N) is 1. The molecule has 0 spiro atoms. The van der Waals surface area contributed by atoms with E-state index in [0.29, 0.717) is 17.8 Å². The van der Waals surface area contributed by atoms with Crippen molar-refractivity contribution < 1.29 is 5.11 Å². The van der Waals surface area contributed by atoms with Crippen molar-refractivity contribution in [3.63, 3.8) is 0 Å². The Bertz CT molecular complexity index is 320. The van der Waals surface area contributed by atoms with E-state index in [0.717, 1.165) is 6.42 Å². The van der Waals surface area contributed by atoms with Crippen molar-refractivity contribution in [1.82, 2.24) is 4.90 Å². The van der Waals surface area contributed by atoms with Gasteiger partial charge in [-0.15, -0.1) is 0 Å². The molecule has 2 unspecified atom stereocenters. The average Bonchev–Trinajstić information content (AvgIpc) is 2.32. The van der Waals surface area contributed by atoms with Crippen molar-refractivity contribution in [2.75, 3.05) is 7.05 Å². The van der Waals surface area contributed by atoms with Gasteiger partial charge >= 0.3 is 0 Å². The lowest BCUT2D eigenvalue weighted by atomic mass is 10.0. The van der Waals surface area contributed by atoms with Crippen LogP contribution >= 0.6 is 0 Å². The van der Waals surface area contributed by atoms with Crippen LogP contribution in [-0.2, 0) is 0 Å². The fourth-order valence-corrected chi connectivity index (χ4v) is 2.38. The van der Waals surface area contributed by atoms with Crippen molar-refractivity contribution in [2.45, 2.75) is 52.1 Å². The van der Waals surface area contributed by atoms with Gasteiger partial charge in [-0.3, -0.25) is 4.90 Å². The molecule has 0 aromatic heterocycles. The molecule has 1 N–H and O–H groups in total. The molecule has 0 bridgehead atoms. The van der Waals surface area contributed by atoms with E-state index in [-0.39, 0.29) is 0 Å². The van der Waals surface area contributed by atoms with Gasteiger partial charge in [-0.1, -0.05) is 32.4 Å². The number of hydrogen-bond donors (Lipinski definition) is 1. The summed E-state index contributed by atoms with van der Waals surface area (Å²) in [4.78, 5) is 2.44. The number of hydrogen-bond acceptors (Lipinski definition) is 2. The zero-order valence-electron chi connectivity index (χ0n) is 11.5. The van der Waals surface area contributed by atoms with E-state index >= 15 is 0 Å². The molecule has 1 rings (SSSR count). The zero-order chi connectivity index (χ0) is 12.8. The minimum atomic E-state index is 0.341. The highest BCUT2D eigenvalue weighted by molar-refractivity contribution is 5.28. The van der Waals surface area contributed by atoms with Gasteiger partial charge < -0.3 is 5.11 Å². The van der Waals surface area contributed by atoms with E-state index < -0.39 is 0 Å². The molecule has 0 aliphatic rings. The first-order valence-electron chi connectivity index (χ1n) is 6.61. The normalized spacial score (nSPS) is 14.9. The number of phenols is 1. The van der Waals surface area contributed by atoms with E-state index in [4.69, 9.17) is 0 Å². The lowest BCUT2D eigenvalue weighted by Gasteiger charge is -2.33. The van der Waals surface area contributed by atoms with Gasteiger partial charge in [0.05, 0.1) is 0 Å². The number of aromatic hydroxyl groups is 1. The highest BCUT2D eigenvalue weighted by Crippen LogP contribution is 2.27. The Hall–Kier alpha value is -1.02. The van der Waals surface area contributed by atoms with Crippen molar-refractivity contribution >= 4 is 0 Å². The van der Waals surface area contributed by atoms with Gasteiger partial charge in [0.25, 0.3) is 0 Å². The van der Waals surface area contributed by atoms with Crippen LogP contribution in [0.2, 0.25) is 0 Å². The van der Waals surface area contributed by atoms with Crippen LogP contribution in [0.15, 0.2) is 24.3 Å². The van der Waals surface area contributed by atoms with Gasteiger partial charge in [-0.05, 0) is 44.5 Å². The standard InChI is InChI=1S/C15H25NO/c1-5-7-12(3)16(4)15(6-2)13-8-10-14(17)11-9-13/h8-12,15,17H,5-7H2,1-4H3. The lowest BCUT2D eigenvalue weighted by molar-refractivity contribution is 0.171. The third kappa shape index (κ3) is 3.74. The summed E-state index contributed by atoms with van der Waals surface area (Å²) in [6, 6.07) is 8.64. The number of benzene rings is 1. The minimum Gasteiger partial charge on any atom is -0.508 e. The van der Waals surface area contributed by atoms with Gasteiger partial charge in [0.1, 0.15) is 5.75 Å². The van der Waals surface area contributed by atoms with Crippen molar-refractivity contribution in [3.05, 3.63) is 29.8 Å². The Morgan fingerprint density at radius 3 is 2.24 bits per heavy atom. The molecule has 1 aromatic rings. The molecule has 2 nitrogen and oxygen atoms in total.